The second-order valence-electron chi connectivity index (χ2n) is 2.42. The Morgan fingerprint density at radius 3 is 3.18 bits per heavy atom. The maximum absolute atomic E-state index is 5.64. The minimum Gasteiger partial charge on any atom is -0.396 e. The van der Waals surface area contributed by atoms with E-state index in [-0.39, 0.29) is 0 Å². The van der Waals surface area contributed by atoms with Crippen LogP contribution >= 0.6 is 0 Å². The van der Waals surface area contributed by atoms with E-state index in [1.54, 1.807) is 12.3 Å². The molecule has 2 rings (SSSR count). The zero-order chi connectivity index (χ0) is 7.68. The van der Waals surface area contributed by atoms with E-state index in [1.165, 1.54) is 0 Å². The highest BCUT2D eigenvalue weighted by Crippen LogP contribution is 2.28. The number of benzene rings is 1. The molecule has 0 amide bonds. The number of nitrogens with zero attached hydrogens (tertiary/aromatic N) is 1. The Kier molecular flexibility index (Phi) is 1.28. The first-order valence-corrected chi connectivity index (χ1v) is 3.44. The van der Waals surface area contributed by atoms with Gasteiger partial charge in [-0.15, -0.1) is 0 Å². The Hall–Kier alpha value is -1.51. The Labute approximate surface area is 64.5 Å². The van der Waals surface area contributed by atoms with Crippen molar-refractivity contribution in [3.63, 3.8) is 0 Å². The van der Waals surface area contributed by atoms with E-state index >= 15 is 0 Å². The minimum atomic E-state index is 0.652. The third-order valence-electron chi connectivity index (χ3n) is 1.66. The number of anilines is 1. The fraction of sp³-hybridized carbons (Fsp3) is 0.125. The lowest BCUT2D eigenvalue weighted by Gasteiger charge is -2.10. The molecule has 0 radical (unpaired) electrons. The molecule has 3 heteroatoms. The molecule has 1 aliphatic heterocycles. The van der Waals surface area contributed by atoms with Gasteiger partial charge in [0.05, 0.1) is 5.69 Å². The SMILES string of the molecule is Nc1cccc2c1ON=CC2. The summed E-state index contributed by atoms with van der Waals surface area (Å²) >= 11 is 0. The summed E-state index contributed by atoms with van der Waals surface area (Å²) in [7, 11) is 0. The first-order chi connectivity index (χ1) is 5.38. The van der Waals surface area contributed by atoms with Crippen molar-refractivity contribution in [1.82, 2.24) is 0 Å². The standard InChI is InChI=1S/C8H8N2O/c9-7-3-1-2-6-4-5-10-11-8(6)7/h1-3,5H,4,9H2. The van der Waals surface area contributed by atoms with Crippen LogP contribution in [0, 0.1) is 0 Å². The maximum atomic E-state index is 5.64. The molecule has 11 heavy (non-hydrogen) atoms. The molecule has 0 fully saturated rings. The number of hydrogen-bond acceptors (Lipinski definition) is 3. The summed E-state index contributed by atoms with van der Waals surface area (Å²) in [6.45, 7) is 0. The normalized spacial score (nSPS) is 13.8. The molecule has 0 atom stereocenters. The Morgan fingerprint density at radius 1 is 1.45 bits per heavy atom. The summed E-state index contributed by atoms with van der Waals surface area (Å²) in [6, 6.07) is 5.70. The van der Waals surface area contributed by atoms with Crippen molar-refractivity contribution in [1.29, 1.82) is 0 Å². The second-order valence-corrected chi connectivity index (χ2v) is 2.42. The first-order valence-electron chi connectivity index (χ1n) is 3.44. The smallest absolute Gasteiger partial charge is 0.184 e. The molecular weight excluding hydrogens is 140 g/mol. The molecular formula is C8H8N2O. The van der Waals surface area contributed by atoms with E-state index in [4.69, 9.17) is 10.6 Å². The van der Waals surface area contributed by atoms with Crippen molar-refractivity contribution in [2.75, 3.05) is 5.73 Å². The van der Waals surface area contributed by atoms with Gasteiger partial charge in [0, 0.05) is 18.2 Å². The van der Waals surface area contributed by atoms with Gasteiger partial charge < -0.3 is 10.6 Å². The van der Waals surface area contributed by atoms with Crippen molar-refractivity contribution < 1.29 is 4.84 Å². The van der Waals surface area contributed by atoms with E-state index in [0.717, 1.165) is 12.0 Å². The summed E-state index contributed by atoms with van der Waals surface area (Å²) in [5, 5.41) is 3.67. The summed E-state index contributed by atoms with van der Waals surface area (Å²) in [6.07, 6.45) is 2.53. The van der Waals surface area contributed by atoms with Crippen LogP contribution < -0.4 is 10.6 Å². The lowest BCUT2D eigenvalue weighted by atomic mass is 10.1. The van der Waals surface area contributed by atoms with Crippen molar-refractivity contribution in [2.24, 2.45) is 5.16 Å². The lowest BCUT2D eigenvalue weighted by molar-refractivity contribution is 0.335. The highest BCUT2D eigenvalue weighted by molar-refractivity contribution is 5.69. The predicted molar refractivity (Wildman–Crippen MR) is 43.7 cm³/mol. The molecule has 1 aromatic rings. The van der Waals surface area contributed by atoms with Gasteiger partial charge in [-0.2, -0.15) is 0 Å². The fourth-order valence-corrected chi connectivity index (χ4v) is 1.10. The molecule has 0 saturated heterocycles. The van der Waals surface area contributed by atoms with Crippen LogP contribution in [0.2, 0.25) is 0 Å². The molecule has 0 aromatic heterocycles. The molecule has 2 N–H and O–H groups in total. The van der Waals surface area contributed by atoms with Gasteiger partial charge in [0.1, 0.15) is 0 Å². The summed E-state index contributed by atoms with van der Waals surface area (Å²) in [5.41, 5.74) is 7.39. The highest BCUT2D eigenvalue weighted by Gasteiger charge is 2.09. The predicted octanol–water partition coefficient (Wildman–Crippen LogP) is 1.19. The van der Waals surface area contributed by atoms with Crippen LogP contribution in [-0.2, 0) is 6.42 Å². The van der Waals surface area contributed by atoms with Gasteiger partial charge in [0.15, 0.2) is 5.75 Å². The molecule has 1 aromatic carbocycles. The Balaban J connectivity index is 2.54. The third-order valence-corrected chi connectivity index (χ3v) is 1.66. The van der Waals surface area contributed by atoms with E-state index in [2.05, 4.69) is 5.16 Å². The van der Waals surface area contributed by atoms with Gasteiger partial charge in [0.2, 0.25) is 0 Å². The second kappa shape index (κ2) is 2.27. The summed E-state index contributed by atoms with van der Waals surface area (Å²) in [5.74, 6) is 0.704. The van der Waals surface area contributed by atoms with Gasteiger partial charge in [0.25, 0.3) is 0 Å². The van der Waals surface area contributed by atoms with Crippen molar-refractivity contribution >= 4 is 11.9 Å². The zero-order valence-electron chi connectivity index (χ0n) is 5.95. The van der Waals surface area contributed by atoms with Crippen LogP contribution in [0.15, 0.2) is 23.4 Å². The van der Waals surface area contributed by atoms with Gasteiger partial charge in [-0.25, -0.2) is 0 Å². The summed E-state index contributed by atoms with van der Waals surface area (Å²) in [4.78, 5) is 5.00. The van der Waals surface area contributed by atoms with Crippen molar-refractivity contribution in [3.05, 3.63) is 23.8 Å². The number of hydrogen-bond donors (Lipinski definition) is 1. The van der Waals surface area contributed by atoms with Crippen LogP contribution in [0.5, 0.6) is 5.75 Å². The van der Waals surface area contributed by atoms with E-state index in [1.807, 2.05) is 12.1 Å². The van der Waals surface area contributed by atoms with E-state index < -0.39 is 0 Å². The monoisotopic (exact) mass is 148 g/mol. The van der Waals surface area contributed by atoms with Crippen LogP contribution in [0.4, 0.5) is 5.69 Å². The fourth-order valence-electron chi connectivity index (χ4n) is 1.10. The van der Waals surface area contributed by atoms with Crippen LogP contribution in [0.1, 0.15) is 5.56 Å². The average Bonchev–Trinajstić information content (AvgIpc) is 2.06. The number of fused-ring (bicyclic) bond motifs is 1. The number of para-hydroxylation sites is 1. The molecule has 0 aliphatic carbocycles. The quantitative estimate of drug-likeness (QED) is 0.562. The minimum absolute atomic E-state index is 0.652. The van der Waals surface area contributed by atoms with Gasteiger partial charge in [-0.3, -0.25) is 0 Å². The maximum Gasteiger partial charge on any atom is 0.184 e. The molecule has 0 saturated carbocycles. The lowest BCUT2D eigenvalue weighted by Crippen LogP contribution is -2.02. The Morgan fingerprint density at radius 2 is 2.36 bits per heavy atom. The number of nitrogens with two attached hydrogens (primary N) is 1. The molecule has 0 bridgehead atoms. The summed E-state index contributed by atoms with van der Waals surface area (Å²) < 4.78 is 0. The third kappa shape index (κ3) is 0.941. The van der Waals surface area contributed by atoms with Gasteiger partial charge >= 0.3 is 0 Å². The van der Waals surface area contributed by atoms with Crippen LogP contribution in [-0.4, -0.2) is 6.21 Å². The first kappa shape index (κ1) is 6.22. The van der Waals surface area contributed by atoms with Gasteiger partial charge in [-0.1, -0.05) is 17.3 Å². The molecule has 0 spiro atoms. The number of oxime groups is 1. The number of nitrogen functional groups attached to an aromatic ring is 1. The highest BCUT2D eigenvalue weighted by atomic mass is 16.6. The van der Waals surface area contributed by atoms with E-state index in [9.17, 15) is 0 Å². The molecule has 1 aliphatic rings. The molecule has 56 valence electrons. The molecule has 1 heterocycles. The Bertz CT molecular complexity index is 307. The van der Waals surface area contributed by atoms with Crippen molar-refractivity contribution in [2.45, 2.75) is 6.42 Å². The number of rotatable bonds is 0. The van der Waals surface area contributed by atoms with E-state index in [0.29, 0.717) is 11.4 Å². The molecule has 3 nitrogen and oxygen atoms in total. The molecule has 0 unspecified atom stereocenters. The van der Waals surface area contributed by atoms with Crippen LogP contribution in [0.25, 0.3) is 0 Å². The van der Waals surface area contributed by atoms with Crippen molar-refractivity contribution in [3.8, 4) is 5.75 Å². The topological polar surface area (TPSA) is 47.6 Å². The van der Waals surface area contributed by atoms with Crippen LogP contribution in [0.3, 0.4) is 0 Å². The largest absolute Gasteiger partial charge is 0.396 e. The van der Waals surface area contributed by atoms with Gasteiger partial charge in [-0.05, 0) is 6.07 Å². The average molecular weight is 148 g/mol. The zero-order valence-corrected chi connectivity index (χ0v) is 5.95.